The minimum Gasteiger partial charge on any atom is -0.310 e. The first-order valence-electron chi connectivity index (χ1n) is 17.3. The molecule has 0 aliphatic heterocycles. The van der Waals surface area contributed by atoms with Crippen molar-refractivity contribution in [1.29, 1.82) is 0 Å². The number of fused-ring (bicyclic) bond motifs is 11. The molecule has 238 valence electrons. The van der Waals surface area contributed by atoms with E-state index in [-0.39, 0.29) is 0 Å². The average Bonchev–Trinajstić information content (AvgIpc) is 3.75. The van der Waals surface area contributed by atoms with Gasteiger partial charge in [0.2, 0.25) is 0 Å². The number of thiophene rings is 2. The van der Waals surface area contributed by atoms with Gasteiger partial charge >= 0.3 is 0 Å². The Balaban J connectivity index is 1.07. The standard InChI is InChI=1S/C48H29NS2/c1-2-9-35-30(8-1)18-23-40-37-13-7-12-36(38(37)25-26-39(35)40)31-16-19-32(20-17-31)49(33-22-27-47-44(28-33)42-11-4-6-15-46(42)50-47)34-21-24-43-41-10-3-5-14-45(41)51-48(43)29-34/h1-29H. The van der Waals surface area contributed by atoms with Crippen molar-refractivity contribution in [3.05, 3.63) is 176 Å². The van der Waals surface area contributed by atoms with Crippen LogP contribution in [0.2, 0.25) is 0 Å². The van der Waals surface area contributed by atoms with Gasteiger partial charge in [0.1, 0.15) is 0 Å². The Morgan fingerprint density at radius 3 is 1.67 bits per heavy atom. The predicted octanol–water partition coefficient (Wildman–Crippen LogP) is 15.0. The number of hydrogen-bond donors (Lipinski definition) is 0. The molecule has 0 atom stereocenters. The molecule has 0 N–H and O–H groups in total. The van der Waals surface area contributed by atoms with Gasteiger partial charge in [-0.2, -0.15) is 0 Å². The lowest BCUT2D eigenvalue weighted by molar-refractivity contribution is 1.30. The van der Waals surface area contributed by atoms with Crippen LogP contribution in [0.15, 0.2) is 176 Å². The van der Waals surface area contributed by atoms with Gasteiger partial charge in [-0.05, 0) is 98.0 Å². The fourth-order valence-corrected chi connectivity index (χ4v) is 10.3. The van der Waals surface area contributed by atoms with E-state index in [1.165, 1.54) is 83.8 Å². The molecule has 11 rings (SSSR count). The van der Waals surface area contributed by atoms with Crippen LogP contribution < -0.4 is 4.90 Å². The van der Waals surface area contributed by atoms with Gasteiger partial charge in [-0.15, -0.1) is 22.7 Å². The average molecular weight is 684 g/mol. The summed E-state index contributed by atoms with van der Waals surface area (Å²) in [4.78, 5) is 2.42. The molecule has 0 radical (unpaired) electrons. The van der Waals surface area contributed by atoms with Crippen LogP contribution in [0.25, 0.3) is 83.8 Å². The van der Waals surface area contributed by atoms with E-state index in [9.17, 15) is 0 Å². The van der Waals surface area contributed by atoms with Gasteiger partial charge < -0.3 is 4.90 Å². The number of hydrogen-bond acceptors (Lipinski definition) is 3. The molecule has 0 saturated heterocycles. The van der Waals surface area contributed by atoms with Crippen LogP contribution in [-0.2, 0) is 0 Å². The smallest absolute Gasteiger partial charge is 0.0476 e. The Kier molecular flexibility index (Phi) is 6.36. The van der Waals surface area contributed by atoms with Crippen molar-refractivity contribution < 1.29 is 0 Å². The maximum Gasteiger partial charge on any atom is 0.0476 e. The van der Waals surface area contributed by atoms with E-state index in [2.05, 4.69) is 181 Å². The van der Waals surface area contributed by atoms with Gasteiger partial charge in [0, 0.05) is 57.4 Å². The summed E-state index contributed by atoms with van der Waals surface area (Å²) in [7, 11) is 0. The highest BCUT2D eigenvalue weighted by Crippen LogP contribution is 2.44. The Bertz CT molecular complexity index is 3150. The van der Waals surface area contributed by atoms with Crippen LogP contribution >= 0.6 is 22.7 Å². The molecule has 0 saturated carbocycles. The van der Waals surface area contributed by atoms with Crippen molar-refractivity contribution in [3.63, 3.8) is 0 Å². The lowest BCUT2D eigenvalue weighted by Crippen LogP contribution is -2.09. The van der Waals surface area contributed by atoms with Gasteiger partial charge in [0.15, 0.2) is 0 Å². The second-order valence-electron chi connectivity index (χ2n) is 13.3. The third kappa shape index (κ3) is 4.52. The van der Waals surface area contributed by atoms with Gasteiger partial charge in [-0.3, -0.25) is 0 Å². The minimum atomic E-state index is 1.13. The largest absolute Gasteiger partial charge is 0.310 e. The number of nitrogens with zero attached hydrogens (tertiary/aromatic N) is 1. The zero-order valence-corrected chi connectivity index (χ0v) is 29.1. The second kappa shape index (κ2) is 11.3. The minimum absolute atomic E-state index is 1.13. The molecule has 0 spiro atoms. The SMILES string of the molecule is c1ccc2c(c1)ccc1c3cccc(-c4ccc(N(c5ccc6c(c5)sc5ccccc56)c5ccc6sc7ccccc7c6c5)cc4)c3ccc21. The molecule has 3 heteroatoms. The fraction of sp³-hybridized carbons (Fsp3) is 0. The molecule has 2 heterocycles. The number of anilines is 3. The van der Waals surface area contributed by atoms with Gasteiger partial charge in [0.05, 0.1) is 0 Å². The molecule has 51 heavy (non-hydrogen) atoms. The molecular formula is C48H29NS2. The van der Waals surface area contributed by atoms with E-state index in [0.29, 0.717) is 0 Å². The molecule has 0 unspecified atom stereocenters. The topological polar surface area (TPSA) is 3.24 Å². The zero-order valence-electron chi connectivity index (χ0n) is 27.5. The van der Waals surface area contributed by atoms with Crippen LogP contribution in [0.1, 0.15) is 0 Å². The van der Waals surface area contributed by atoms with E-state index >= 15 is 0 Å². The summed E-state index contributed by atoms with van der Waals surface area (Å²) in [6, 6.07) is 65.0. The molecule has 11 aromatic rings. The highest BCUT2D eigenvalue weighted by Gasteiger charge is 2.17. The molecule has 0 aliphatic rings. The fourth-order valence-electron chi connectivity index (χ4n) is 8.05. The lowest BCUT2D eigenvalue weighted by Gasteiger charge is -2.26. The van der Waals surface area contributed by atoms with E-state index in [1.807, 2.05) is 22.7 Å². The summed E-state index contributed by atoms with van der Waals surface area (Å²) < 4.78 is 5.26. The van der Waals surface area contributed by atoms with Crippen molar-refractivity contribution in [2.45, 2.75) is 0 Å². The van der Waals surface area contributed by atoms with E-state index in [0.717, 1.165) is 17.1 Å². The molecule has 0 fully saturated rings. The van der Waals surface area contributed by atoms with Gasteiger partial charge in [-0.25, -0.2) is 0 Å². The van der Waals surface area contributed by atoms with Gasteiger partial charge in [0.25, 0.3) is 0 Å². The molecular weight excluding hydrogens is 655 g/mol. The Labute approximate surface area is 302 Å². The summed E-state index contributed by atoms with van der Waals surface area (Å²) in [5.41, 5.74) is 5.91. The summed E-state index contributed by atoms with van der Waals surface area (Å²) in [6.07, 6.45) is 0. The third-order valence-corrected chi connectivity index (χ3v) is 12.7. The quantitative estimate of drug-likeness (QED) is 0.167. The van der Waals surface area contributed by atoms with E-state index < -0.39 is 0 Å². The molecule has 0 aliphatic carbocycles. The van der Waals surface area contributed by atoms with Crippen LogP contribution in [-0.4, -0.2) is 0 Å². The summed E-state index contributed by atoms with van der Waals surface area (Å²) in [6.45, 7) is 0. The summed E-state index contributed by atoms with van der Waals surface area (Å²) in [5, 5.41) is 13.0. The molecule has 2 aromatic heterocycles. The zero-order chi connectivity index (χ0) is 33.5. The van der Waals surface area contributed by atoms with Crippen LogP contribution in [0.5, 0.6) is 0 Å². The predicted molar refractivity (Wildman–Crippen MR) is 225 cm³/mol. The Morgan fingerprint density at radius 1 is 0.294 bits per heavy atom. The summed E-state index contributed by atoms with van der Waals surface area (Å²) in [5.74, 6) is 0. The Hall–Kier alpha value is -6.00. The van der Waals surface area contributed by atoms with Crippen molar-refractivity contribution >= 4 is 112 Å². The van der Waals surface area contributed by atoms with Crippen molar-refractivity contribution in [1.82, 2.24) is 0 Å². The number of benzene rings is 9. The van der Waals surface area contributed by atoms with E-state index in [4.69, 9.17) is 0 Å². The normalized spacial score (nSPS) is 11.9. The van der Waals surface area contributed by atoms with Crippen LogP contribution in [0, 0.1) is 0 Å². The first-order chi connectivity index (χ1) is 25.3. The number of rotatable bonds is 4. The van der Waals surface area contributed by atoms with Crippen molar-refractivity contribution in [2.24, 2.45) is 0 Å². The second-order valence-corrected chi connectivity index (χ2v) is 15.5. The first-order valence-corrected chi connectivity index (χ1v) is 19.0. The third-order valence-electron chi connectivity index (χ3n) is 10.5. The van der Waals surface area contributed by atoms with E-state index in [1.54, 1.807) is 0 Å². The molecule has 0 bridgehead atoms. The van der Waals surface area contributed by atoms with Crippen LogP contribution in [0.4, 0.5) is 17.1 Å². The van der Waals surface area contributed by atoms with Crippen molar-refractivity contribution in [3.8, 4) is 11.1 Å². The molecule has 1 nitrogen and oxygen atoms in total. The summed E-state index contributed by atoms with van der Waals surface area (Å²) >= 11 is 3.73. The van der Waals surface area contributed by atoms with Gasteiger partial charge in [-0.1, -0.05) is 121 Å². The lowest BCUT2D eigenvalue weighted by atomic mass is 9.92. The molecule has 0 amide bonds. The molecule has 9 aromatic carbocycles. The Morgan fingerprint density at radius 2 is 0.824 bits per heavy atom. The monoisotopic (exact) mass is 683 g/mol. The van der Waals surface area contributed by atoms with Crippen LogP contribution in [0.3, 0.4) is 0 Å². The first kappa shape index (κ1) is 28.8. The maximum atomic E-state index is 2.42. The maximum absolute atomic E-state index is 2.42. The van der Waals surface area contributed by atoms with Crippen molar-refractivity contribution in [2.75, 3.05) is 4.90 Å². The highest BCUT2D eigenvalue weighted by atomic mass is 32.1. The highest BCUT2D eigenvalue weighted by molar-refractivity contribution is 7.26.